The molecule has 0 saturated carbocycles. The maximum Gasteiger partial charge on any atom is 0.257 e. The lowest BCUT2D eigenvalue weighted by Crippen LogP contribution is -2.49. The van der Waals surface area contributed by atoms with E-state index in [2.05, 4.69) is 15.5 Å². The summed E-state index contributed by atoms with van der Waals surface area (Å²) in [5.41, 5.74) is 2.36. The lowest BCUT2D eigenvalue weighted by molar-refractivity contribution is -0.134. The maximum atomic E-state index is 12.2. The highest BCUT2D eigenvalue weighted by atomic mass is 35.5. The summed E-state index contributed by atoms with van der Waals surface area (Å²) in [7, 11) is 0. The number of carbonyl (C=O) groups is 2. The molecule has 0 unspecified atom stereocenters. The molecule has 2 aromatic rings. The van der Waals surface area contributed by atoms with Crippen LogP contribution in [0.4, 0.5) is 11.4 Å². The second-order valence-corrected chi connectivity index (χ2v) is 8.27. The Bertz CT molecular complexity index is 908. The number of carbonyl (C=O) groups excluding carboxylic acids is 2. The molecule has 2 amide bonds. The van der Waals surface area contributed by atoms with Gasteiger partial charge in [0.05, 0.1) is 0 Å². The topological polar surface area (TPSA) is 64.7 Å². The normalized spacial score (nSPS) is 13.9. The van der Waals surface area contributed by atoms with Crippen LogP contribution in [0.1, 0.15) is 24.2 Å². The molecule has 0 radical (unpaired) electrons. The first-order chi connectivity index (χ1) is 14.3. The first kappa shape index (κ1) is 22.1. The summed E-state index contributed by atoms with van der Waals surface area (Å²) in [6.07, 6.45) is 0. The summed E-state index contributed by atoms with van der Waals surface area (Å²) < 4.78 is 0. The van der Waals surface area contributed by atoms with Crippen LogP contribution in [-0.4, -0.2) is 48.0 Å². The van der Waals surface area contributed by atoms with Crippen molar-refractivity contribution in [3.05, 3.63) is 59.1 Å². The van der Waals surface area contributed by atoms with Crippen LogP contribution < -0.4 is 15.5 Å². The summed E-state index contributed by atoms with van der Waals surface area (Å²) in [5.74, 6) is -0.0520. The van der Waals surface area contributed by atoms with Crippen molar-refractivity contribution in [2.24, 2.45) is 5.92 Å². The fourth-order valence-corrected chi connectivity index (χ4v) is 3.58. The van der Waals surface area contributed by atoms with Gasteiger partial charge in [-0.05, 0) is 60.7 Å². The molecule has 0 bridgehead atoms. The Kier molecular flexibility index (Phi) is 7.29. The zero-order valence-corrected chi connectivity index (χ0v) is 18.6. The Morgan fingerprint density at radius 1 is 0.967 bits per heavy atom. The van der Waals surface area contributed by atoms with E-state index in [0.717, 1.165) is 37.6 Å². The molecule has 1 fully saturated rings. The number of thiocarbonyl (C=S) groups is 1. The molecule has 1 heterocycles. The third-order valence-corrected chi connectivity index (χ3v) is 5.37. The van der Waals surface area contributed by atoms with E-state index in [9.17, 15) is 9.59 Å². The highest BCUT2D eigenvalue weighted by Crippen LogP contribution is 2.20. The van der Waals surface area contributed by atoms with Crippen molar-refractivity contribution in [2.45, 2.75) is 13.8 Å². The number of nitrogens with one attached hydrogen (secondary N) is 2. The third kappa shape index (κ3) is 5.70. The first-order valence-electron chi connectivity index (χ1n) is 9.85. The fourth-order valence-electron chi connectivity index (χ4n) is 3.24. The van der Waals surface area contributed by atoms with Crippen molar-refractivity contribution in [2.75, 3.05) is 36.4 Å². The minimum absolute atomic E-state index is 0.0333. The van der Waals surface area contributed by atoms with Crippen LogP contribution in [0.2, 0.25) is 5.02 Å². The van der Waals surface area contributed by atoms with E-state index < -0.39 is 0 Å². The monoisotopic (exact) mass is 444 g/mol. The van der Waals surface area contributed by atoms with E-state index in [1.54, 1.807) is 24.3 Å². The Balaban J connectivity index is 1.51. The molecule has 1 saturated heterocycles. The molecule has 2 N–H and O–H groups in total. The minimum atomic E-state index is -0.297. The highest BCUT2D eigenvalue weighted by molar-refractivity contribution is 7.80. The number of amides is 2. The predicted molar refractivity (Wildman–Crippen MR) is 125 cm³/mol. The average molecular weight is 445 g/mol. The molecule has 0 aromatic heterocycles. The van der Waals surface area contributed by atoms with Crippen LogP contribution in [0.15, 0.2) is 48.5 Å². The third-order valence-electron chi connectivity index (χ3n) is 4.91. The summed E-state index contributed by atoms with van der Waals surface area (Å²) >= 11 is 11.1. The van der Waals surface area contributed by atoms with Crippen LogP contribution >= 0.6 is 23.8 Å². The molecule has 2 aromatic carbocycles. The van der Waals surface area contributed by atoms with Gasteiger partial charge in [-0.3, -0.25) is 14.9 Å². The zero-order valence-electron chi connectivity index (χ0n) is 17.0. The van der Waals surface area contributed by atoms with Crippen molar-refractivity contribution in [1.82, 2.24) is 10.2 Å². The van der Waals surface area contributed by atoms with Crippen molar-refractivity contribution in [3.63, 3.8) is 0 Å². The molecular formula is C22H25ClN4O2S. The second kappa shape index (κ2) is 9.91. The molecule has 0 spiro atoms. The quantitative estimate of drug-likeness (QED) is 0.703. The molecule has 6 nitrogen and oxygen atoms in total. The summed E-state index contributed by atoms with van der Waals surface area (Å²) in [6.45, 7) is 6.95. The standard InChI is InChI=1S/C22H25ClN4O2S/c1-15(2)21(29)27-13-11-26(12-14-27)19-9-7-18(8-10-19)24-22(30)25-20(28)16-3-5-17(23)6-4-16/h3-10,15H,11-14H2,1-2H3,(H2,24,25,28,30). The van der Waals surface area contributed by atoms with Crippen LogP contribution in [-0.2, 0) is 4.79 Å². The van der Waals surface area contributed by atoms with Gasteiger partial charge in [0.15, 0.2) is 5.11 Å². The first-order valence-corrected chi connectivity index (χ1v) is 10.6. The Morgan fingerprint density at radius 2 is 1.57 bits per heavy atom. The van der Waals surface area contributed by atoms with Gasteiger partial charge in [-0.25, -0.2) is 0 Å². The van der Waals surface area contributed by atoms with Crippen molar-refractivity contribution in [1.29, 1.82) is 0 Å². The molecule has 1 aliphatic rings. The number of anilines is 2. The van der Waals surface area contributed by atoms with Gasteiger partial charge in [-0.15, -0.1) is 0 Å². The number of nitrogens with zero attached hydrogens (tertiary/aromatic N) is 2. The predicted octanol–water partition coefficient (Wildman–Crippen LogP) is 3.77. The minimum Gasteiger partial charge on any atom is -0.368 e. The molecule has 30 heavy (non-hydrogen) atoms. The van der Waals surface area contributed by atoms with Gasteiger partial charge in [0.1, 0.15) is 0 Å². The van der Waals surface area contributed by atoms with Gasteiger partial charge in [-0.1, -0.05) is 25.4 Å². The smallest absolute Gasteiger partial charge is 0.257 e. The maximum absolute atomic E-state index is 12.2. The van der Waals surface area contributed by atoms with Gasteiger partial charge >= 0.3 is 0 Å². The van der Waals surface area contributed by atoms with Gasteiger partial charge in [0.2, 0.25) is 5.91 Å². The Hall–Kier alpha value is -2.64. The van der Waals surface area contributed by atoms with Gasteiger partial charge < -0.3 is 15.1 Å². The average Bonchev–Trinajstić information content (AvgIpc) is 2.74. The number of benzene rings is 2. The highest BCUT2D eigenvalue weighted by Gasteiger charge is 2.22. The zero-order chi connectivity index (χ0) is 21.7. The van der Waals surface area contributed by atoms with Crippen LogP contribution in [0.5, 0.6) is 0 Å². The molecule has 1 aliphatic heterocycles. The van der Waals surface area contributed by atoms with Gasteiger partial charge in [0, 0.05) is 54.1 Å². The molecule has 8 heteroatoms. The summed E-state index contributed by atoms with van der Waals surface area (Å²) in [4.78, 5) is 28.5. The van der Waals surface area contributed by atoms with E-state index in [1.807, 2.05) is 43.0 Å². The number of rotatable bonds is 4. The van der Waals surface area contributed by atoms with Gasteiger partial charge in [0.25, 0.3) is 5.91 Å². The van der Waals surface area contributed by atoms with Crippen LogP contribution in [0, 0.1) is 5.92 Å². The Labute approximate surface area is 187 Å². The van der Waals surface area contributed by atoms with E-state index in [4.69, 9.17) is 23.8 Å². The number of hydrogen-bond donors (Lipinski definition) is 2. The molecule has 3 rings (SSSR count). The van der Waals surface area contributed by atoms with Gasteiger partial charge in [-0.2, -0.15) is 0 Å². The van der Waals surface area contributed by atoms with E-state index in [1.165, 1.54) is 0 Å². The molecule has 0 atom stereocenters. The molecular weight excluding hydrogens is 420 g/mol. The van der Waals surface area contributed by atoms with E-state index >= 15 is 0 Å². The molecule has 158 valence electrons. The SMILES string of the molecule is CC(C)C(=O)N1CCN(c2ccc(NC(=S)NC(=O)c3ccc(Cl)cc3)cc2)CC1. The van der Waals surface area contributed by atoms with Crippen molar-refractivity contribution in [3.8, 4) is 0 Å². The van der Waals surface area contributed by atoms with E-state index in [-0.39, 0.29) is 22.8 Å². The fraction of sp³-hybridized carbons (Fsp3) is 0.318. The Morgan fingerprint density at radius 3 is 2.13 bits per heavy atom. The van der Waals surface area contributed by atoms with Crippen LogP contribution in [0.3, 0.4) is 0 Å². The van der Waals surface area contributed by atoms with Crippen LogP contribution in [0.25, 0.3) is 0 Å². The van der Waals surface area contributed by atoms with Crippen molar-refractivity contribution >= 4 is 52.1 Å². The number of halogens is 1. The number of piperazine rings is 1. The summed E-state index contributed by atoms with van der Waals surface area (Å²) in [6, 6.07) is 14.4. The molecule has 0 aliphatic carbocycles. The lowest BCUT2D eigenvalue weighted by atomic mass is 10.1. The lowest BCUT2D eigenvalue weighted by Gasteiger charge is -2.37. The largest absolute Gasteiger partial charge is 0.368 e. The van der Waals surface area contributed by atoms with Crippen molar-refractivity contribution < 1.29 is 9.59 Å². The summed E-state index contributed by atoms with van der Waals surface area (Å²) in [5, 5.41) is 6.47. The number of hydrogen-bond acceptors (Lipinski definition) is 4. The van der Waals surface area contributed by atoms with E-state index in [0.29, 0.717) is 10.6 Å². The second-order valence-electron chi connectivity index (χ2n) is 7.43.